The van der Waals surface area contributed by atoms with Crippen LogP contribution in [0.1, 0.15) is 22.9 Å². The third-order valence-corrected chi connectivity index (χ3v) is 4.48. The van der Waals surface area contributed by atoms with Gasteiger partial charge in [-0.2, -0.15) is 0 Å². The SMILES string of the molecule is Cc1nc(NC(=O)C2NCCc3ccccc32)ccc1Br. The molecule has 1 aromatic heterocycles. The van der Waals surface area contributed by atoms with Gasteiger partial charge >= 0.3 is 0 Å². The maximum Gasteiger partial charge on any atom is 0.247 e. The first-order valence-electron chi connectivity index (χ1n) is 6.90. The van der Waals surface area contributed by atoms with Crippen LogP contribution >= 0.6 is 15.9 Å². The van der Waals surface area contributed by atoms with Crippen molar-refractivity contribution in [3.05, 3.63) is 57.7 Å². The van der Waals surface area contributed by atoms with Crippen molar-refractivity contribution >= 4 is 27.7 Å². The lowest BCUT2D eigenvalue weighted by atomic mass is 9.94. The van der Waals surface area contributed by atoms with Gasteiger partial charge in [0, 0.05) is 11.0 Å². The van der Waals surface area contributed by atoms with Gasteiger partial charge in [0.05, 0.1) is 5.69 Å². The number of nitrogens with one attached hydrogen (secondary N) is 2. The van der Waals surface area contributed by atoms with Crippen molar-refractivity contribution in [1.82, 2.24) is 10.3 Å². The normalized spacial score (nSPS) is 17.1. The number of fused-ring (bicyclic) bond motifs is 1. The van der Waals surface area contributed by atoms with Gasteiger partial charge in [0.25, 0.3) is 0 Å². The van der Waals surface area contributed by atoms with Crippen molar-refractivity contribution in [2.75, 3.05) is 11.9 Å². The van der Waals surface area contributed by atoms with Crippen molar-refractivity contribution < 1.29 is 4.79 Å². The van der Waals surface area contributed by atoms with Crippen LogP contribution in [-0.4, -0.2) is 17.4 Å². The van der Waals surface area contributed by atoms with Gasteiger partial charge in [-0.3, -0.25) is 4.79 Å². The molecule has 1 aliphatic heterocycles. The Morgan fingerprint density at radius 1 is 1.33 bits per heavy atom. The van der Waals surface area contributed by atoms with Crippen molar-refractivity contribution in [3.8, 4) is 0 Å². The molecule has 4 nitrogen and oxygen atoms in total. The fourth-order valence-electron chi connectivity index (χ4n) is 2.55. The summed E-state index contributed by atoms with van der Waals surface area (Å²) in [6.45, 7) is 2.70. The zero-order valence-electron chi connectivity index (χ0n) is 11.7. The quantitative estimate of drug-likeness (QED) is 0.879. The van der Waals surface area contributed by atoms with Gasteiger partial charge < -0.3 is 10.6 Å². The number of aromatic nitrogens is 1. The minimum Gasteiger partial charge on any atom is -0.309 e. The number of hydrogen-bond donors (Lipinski definition) is 2. The monoisotopic (exact) mass is 345 g/mol. The Balaban J connectivity index is 1.81. The van der Waals surface area contributed by atoms with E-state index in [9.17, 15) is 4.79 Å². The Hall–Kier alpha value is -1.72. The Labute approximate surface area is 132 Å². The summed E-state index contributed by atoms with van der Waals surface area (Å²) >= 11 is 3.41. The third kappa shape index (κ3) is 2.99. The van der Waals surface area contributed by atoms with Crippen molar-refractivity contribution in [1.29, 1.82) is 0 Å². The summed E-state index contributed by atoms with van der Waals surface area (Å²) in [7, 11) is 0. The van der Waals surface area contributed by atoms with Crippen LogP contribution in [0.2, 0.25) is 0 Å². The van der Waals surface area contributed by atoms with E-state index in [4.69, 9.17) is 0 Å². The van der Waals surface area contributed by atoms with E-state index >= 15 is 0 Å². The Kier molecular flexibility index (Phi) is 4.03. The highest BCUT2D eigenvalue weighted by Crippen LogP contribution is 2.24. The Morgan fingerprint density at radius 3 is 2.95 bits per heavy atom. The average Bonchev–Trinajstić information content (AvgIpc) is 2.50. The number of carbonyl (C=O) groups is 1. The van der Waals surface area contributed by atoms with Gasteiger partial charge in [0.1, 0.15) is 11.9 Å². The summed E-state index contributed by atoms with van der Waals surface area (Å²) in [6, 6.07) is 11.4. The van der Waals surface area contributed by atoms with Crippen LogP contribution in [0.3, 0.4) is 0 Å². The van der Waals surface area contributed by atoms with Crippen LogP contribution in [0.15, 0.2) is 40.9 Å². The number of benzene rings is 1. The van der Waals surface area contributed by atoms with Crippen LogP contribution in [-0.2, 0) is 11.2 Å². The molecule has 5 heteroatoms. The molecule has 0 radical (unpaired) electrons. The minimum atomic E-state index is -0.319. The standard InChI is InChI=1S/C16H16BrN3O/c1-10-13(17)6-7-14(19-10)20-16(21)15-12-5-3-2-4-11(12)8-9-18-15/h2-7,15,18H,8-9H2,1H3,(H,19,20,21). The van der Waals surface area contributed by atoms with Crippen LogP contribution < -0.4 is 10.6 Å². The second-order valence-electron chi connectivity index (χ2n) is 5.09. The van der Waals surface area contributed by atoms with E-state index in [1.165, 1.54) is 5.56 Å². The van der Waals surface area contributed by atoms with E-state index in [-0.39, 0.29) is 11.9 Å². The summed E-state index contributed by atoms with van der Waals surface area (Å²) in [5.41, 5.74) is 3.14. The van der Waals surface area contributed by atoms with Gasteiger partial charge in [-0.1, -0.05) is 24.3 Å². The molecule has 2 N–H and O–H groups in total. The maximum absolute atomic E-state index is 12.5. The van der Waals surface area contributed by atoms with E-state index in [2.05, 4.69) is 37.6 Å². The molecule has 0 fully saturated rings. The highest BCUT2D eigenvalue weighted by molar-refractivity contribution is 9.10. The summed E-state index contributed by atoms with van der Waals surface area (Å²) in [5, 5.41) is 6.16. The number of carbonyl (C=O) groups excluding carboxylic acids is 1. The van der Waals surface area contributed by atoms with Crippen LogP contribution in [0.25, 0.3) is 0 Å². The number of pyridine rings is 1. The van der Waals surface area contributed by atoms with Crippen LogP contribution in [0, 0.1) is 6.92 Å². The lowest BCUT2D eigenvalue weighted by Crippen LogP contribution is -2.38. The zero-order valence-corrected chi connectivity index (χ0v) is 13.3. The molecule has 0 saturated heterocycles. The Morgan fingerprint density at radius 2 is 2.14 bits per heavy atom. The summed E-state index contributed by atoms with van der Waals surface area (Å²) in [6.07, 6.45) is 0.954. The number of hydrogen-bond acceptors (Lipinski definition) is 3. The van der Waals surface area contributed by atoms with Gasteiger partial charge in [-0.15, -0.1) is 0 Å². The first-order chi connectivity index (χ1) is 10.1. The maximum atomic E-state index is 12.5. The number of nitrogens with zero attached hydrogens (tertiary/aromatic N) is 1. The molecule has 108 valence electrons. The van der Waals surface area contributed by atoms with Crippen molar-refractivity contribution in [3.63, 3.8) is 0 Å². The molecule has 1 aromatic carbocycles. The molecule has 1 aliphatic rings. The van der Waals surface area contributed by atoms with Crippen LogP contribution in [0.4, 0.5) is 5.82 Å². The van der Waals surface area contributed by atoms with Crippen molar-refractivity contribution in [2.24, 2.45) is 0 Å². The number of anilines is 1. The Bertz CT molecular complexity index is 687. The molecular formula is C16H16BrN3O. The first-order valence-corrected chi connectivity index (χ1v) is 7.69. The second-order valence-corrected chi connectivity index (χ2v) is 5.94. The smallest absolute Gasteiger partial charge is 0.247 e. The second kappa shape index (κ2) is 5.95. The molecule has 0 bridgehead atoms. The number of amides is 1. The van der Waals surface area contributed by atoms with E-state index in [0.29, 0.717) is 5.82 Å². The molecule has 0 aliphatic carbocycles. The highest BCUT2D eigenvalue weighted by atomic mass is 79.9. The molecular weight excluding hydrogens is 330 g/mol. The van der Waals surface area contributed by atoms with Crippen molar-refractivity contribution in [2.45, 2.75) is 19.4 Å². The molecule has 1 amide bonds. The van der Waals surface area contributed by atoms with Gasteiger partial charge in [-0.25, -0.2) is 4.98 Å². The van der Waals surface area contributed by atoms with Gasteiger partial charge in [-0.05, 0) is 52.5 Å². The highest BCUT2D eigenvalue weighted by Gasteiger charge is 2.25. The lowest BCUT2D eigenvalue weighted by Gasteiger charge is -2.25. The molecule has 0 saturated carbocycles. The van der Waals surface area contributed by atoms with E-state index in [1.807, 2.05) is 31.2 Å². The lowest BCUT2D eigenvalue weighted by molar-refractivity contribution is -0.118. The fraction of sp³-hybridized carbons (Fsp3) is 0.250. The number of rotatable bonds is 2. The topological polar surface area (TPSA) is 54.0 Å². The molecule has 21 heavy (non-hydrogen) atoms. The predicted molar refractivity (Wildman–Crippen MR) is 86.2 cm³/mol. The van der Waals surface area contributed by atoms with E-state index in [0.717, 1.165) is 28.7 Å². The number of halogens is 1. The number of aryl methyl sites for hydroxylation is 1. The van der Waals surface area contributed by atoms with Gasteiger partial charge in [0.15, 0.2) is 0 Å². The molecule has 0 spiro atoms. The van der Waals surface area contributed by atoms with Gasteiger partial charge in [0.2, 0.25) is 5.91 Å². The van der Waals surface area contributed by atoms with Crippen LogP contribution in [0.5, 0.6) is 0 Å². The average molecular weight is 346 g/mol. The summed E-state index contributed by atoms with van der Waals surface area (Å²) in [4.78, 5) is 16.9. The third-order valence-electron chi connectivity index (χ3n) is 3.64. The summed E-state index contributed by atoms with van der Waals surface area (Å²) in [5.74, 6) is 0.502. The molecule has 3 rings (SSSR count). The summed E-state index contributed by atoms with van der Waals surface area (Å²) < 4.78 is 0.932. The minimum absolute atomic E-state index is 0.0728. The zero-order chi connectivity index (χ0) is 14.8. The molecule has 1 atom stereocenters. The van der Waals surface area contributed by atoms with E-state index < -0.39 is 0 Å². The molecule has 2 aromatic rings. The largest absolute Gasteiger partial charge is 0.309 e. The predicted octanol–water partition coefficient (Wildman–Crippen LogP) is 2.98. The fourth-order valence-corrected chi connectivity index (χ4v) is 2.77. The van der Waals surface area contributed by atoms with E-state index in [1.54, 1.807) is 6.07 Å². The first kappa shape index (κ1) is 14.2. The molecule has 2 heterocycles. The molecule has 1 unspecified atom stereocenters.